The molecule has 0 fully saturated rings. The van der Waals surface area contributed by atoms with E-state index in [2.05, 4.69) is 15.5 Å². The molecule has 1 N–H and O–H groups in total. The van der Waals surface area contributed by atoms with E-state index < -0.39 is 5.97 Å². The number of nitrogens with one attached hydrogen (secondary N) is 1. The topological polar surface area (TPSA) is 63.6 Å². The minimum Gasteiger partial charge on any atom is -0.423 e. The molecule has 0 bridgehead atoms. The second-order valence-corrected chi connectivity index (χ2v) is 8.56. The average molecular weight is 482 g/mol. The van der Waals surface area contributed by atoms with Crippen LogP contribution in [-0.4, -0.2) is 17.2 Å². The Balaban J connectivity index is 1.35. The normalized spacial score (nSPS) is 11.0. The number of hydrogen-bond donors (Lipinski definition) is 1. The number of ether oxygens (including phenoxy) is 1. The summed E-state index contributed by atoms with van der Waals surface area (Å²) >= 11 is 13.6. The zero-order valence-corrected chi connectivity index (χ0v) is 19.2. The molecule has 0 radical (unpaired) electrons. The monoisotopic (exact) mass is 481 g/mol. The van der Waals surface area contributed by atoms with Gasteiger partial charge in [-0.1, -0.05) is 40.9 Å². The van der Waals surface area contributed by atoms with Crippen molar-refractivity contribution in [2.75, 3.05) is 5.43 Å². The number of hydrogen-bond acceptors (Lipinski definition) is 6. The summed E-state index contributed by atoms with van der Waals surface area (Å²) in [6.07, 6.45) is 1.66. The van der Waals surface area contributed by atoms with Crippen LogP contribution in [0.1, 0.15) is 21.5 Å². The first-order valence-electron chi connectivity index (χ1n) is 9.57. The molecule has 4 aromatic rings. The van der Waals surface area contributed by atoms with Gasteiger partial charge in [0.05, 0.1) is 22.5 Å². The van der Waals surface area contributed by atoms with E-state index >= 15 is 0 Å². The molecule has 0 aliphatic heterocycles. The van der Waals surface area contributed by atoms with Gasteiger partial charge in [-0.15, -0.1) is 11.3 Å². The molecule has 160 valence electrons. The molecule has 3 aromatic carbocycles. The van der Waals surface area contributed by atoms with Crippen LogP contribution < -0.4 is 10.2 Å². The van der Waals surface area contributed by atoms with Crippen molar-refractivity contribution in [1.82, 2.24) is 4.98 Å². The van der Waals surface area contributed by atoms with Crippen molar-refractivity contribution in [2.24, 2.45) is 5.10 Å². The first-order chi connectivity index (χ1) is 15.5. The Morgan fingerprint density at radius 2 is 1.91 bits per heavy atom. The van der Waals surface area contributed by atoms with E-state index in [9.17, 15) is 4.79 Å². The highest BCUT2D eigenvalue weighted by molar-refractivity contribution is 7.14. The molecule has 0 unspecified atom stereocenters. The Morgan fingerprint density at radius 1 is 1.09 bits per heavy atom. The summed E-state index contributed by atoms with van der Waals surface area (Å²) in [6, 6.07) is 19.6. The van der Waals surface area contributed by atoms with Crippen LogP contribution in [0.4, 0.5) is 5.13 Å². The fraction of sp³-hybridized carbons (Fsp3) is 0.0417. The van der Waals surface area contributed by atoms with Crippen molar-refractivity contribution in [3.63, 3.8) is 0 Å². The van der Waals surface area contributed by atoms with Crippen LogP contribution in [0.15, 0.2) is 77.2 Å². The number of nitrogens with zero attached hydrogens (tertiary/aromatic N) is 2. The summed E-state index contributed by atoms with van der Waals surface area (Å²) in [5, 5.41) is 7.86. The standard InChI is InChI=1S/C24H17Cl2N3O2S/c1-15-3-2-4-17(11-15)23(30)31-19-8-5-16(6-9-19)13-27-29-24-28-22(14-32-24)20-10-7-18(25)12-21(20)26/h2-14H,1H3,(H,28,29)/b27-13-. The third-order valence-corrected chi connectivity index (χ3v) is 5.72. The molecule has 32 heavy (non-hydrogen) atoms. The molecule has 0 aliphatic rings. The number of rotatable bonds is 6. The zero-order chi connectivity index (χ0) is 22.5. The zero-order valence-electron chi connectivity index (χ0n) is 16.9. The van der Waals surface area contributed by atoms with Crippen LogP contribution in [0.25, 0.3) is 11.3 Å². The van der Waals surface area contributed by atoms with Gasteiger partial charge in [0.15, 0.2) is 0 Å². The van der Waals surface area contributed by atoms with Gasteiger partial charge in [-0.05, 0) is 67.1 Å². The van der Waals surface area contributed by atoms with Gasteiger partial charge in [0, 0.05) is 16.0 Å². The lowest BCUT2D eigenvalue weighted by Crippen LogP contribution is -2.08. The molecule has 8 heteroatoms. The average Bonchev–Trinajstić information content (AvgIpc) is 3.23. The lowest BCUT2D eigenvalue weighted by atomic mass is 10.1. The van der Waals surface area contributed by atoms with Crippen molar-refractivity contribution in [3.8, 4) is 17.0 Å². The second-order valence-electron chi connectivity index (χ2n) is 6.86. The molecule has 1 aromatic heterocycles. The number of aryl methyl sites for hydroxylation is 1. The van der Waals surface area contributed by atoms with Crippen molar-refractivity contribution in [1.29, 1.82) is 0 Å². The van der Waals surface area contributed by atoms with E-state index in [4.69, 9.17) is 27.9 Å². The van der Waals surface area contributed by atoms with Gasteiger partial charge in [0.25, 0.3) is 0 Å². The number of anilines is 1. The Labute approximate surface area is 199 Å². The van der Waals surface area contributed by atoms with Gasteiger partial charge >= 0.3 is 5.97 Å². The summed E-state index contributed by atoms with van der Waals surface area (Å²) in [7, 11) is 0. The molecule has 0 atom stereocenters. The predicted octanol–water partition coefficient (Wildman–Crippen LogP) is 7.09. The van der Waals surface area contributed by atoms with Crippen LogP contribution in [0.3, 0.4) is 0 Å². The number of thiazole rings is 1. The fourth-order valence-electron chi connectivity index (χ4n) is 2.87. The van der Waals surface area contributed by atoms with E-state index in [-0.39, 0.29) is 0 Å². The quantitative estimate of drug-likeness (QED) is 0.138. The number of hydrazone groups is 1. The summed E-state index contributed by atoms with van der Waals surface area (Å²) in [5.41, 5.74) is 6.82. The highest BCUT2D eigenvalue weighted by Crippen LogP contribution is 2.32. The van der Waals surface area contributed by atoms with Crippen LogP contribution in [0.2, 0.25) is 10.0 Å². The van der Waals surface area contributed by atoms with Gasteiger partial charge in [-0.2, -0.15) is 5.10 Å². The highest BCUT2D eigenvalue weighted by atomic mass is 35.5. The first kappa shape index (κ1) is 22.0. The van der Waals surface area contributed by atoms with E-state index in [1.165, 1.54) is 11.3 Å². The van der Waals surface area contributed by atoms with Crippen molar-refractivity contribution in [3.05, 3.63) is 98.8 Å². The minimum atomic E-state index is -0.392. The van der Waals surface area contributed by atoms with Crippen molar-refractivity contribution < 1.29 is 9.53 Å². The van der Waals surface area contributed by atoms with Gasteiger partial charge < -0.3 is 4.74 Å². The van der Waals surface area contributed by atoms with Gasteiger partial charge in [0.2, 0.25) is 5.13 Å². The van der Waals surface area contributed by atoms with Gasteiger partial charge in [0.1, 0.15) is 5.75 Å². The number of carbonyl (C=O) groups excluding carboxylic acids is 1. The Kier molecular flexibility index (Phi) is 6.85. The maximum atomic E-state index is 12.2. The van der Waals surface area contributed by atoms with Crippen LogP contribution in [0, 0.1) is 6.92 Å². The van der Waals surface area contributed by atoms with Crippen LogP contribution >= 0.6 is 34.5 Å². The molecular formula is C24H17Cl2N3O2S. The molecule has 0 aliphatic carbocycles. The second kappa shape index (κ2) is 9.96. The molecule has 5 nitrogen and oxygen atoms in total. The fourth-order valence-corrected chi connectivity index (χ4v) is 4.03. The first-order valence-corrected chi connectivity index (χ1v) is 11.2. The van der Waals surface area contributed by atoms with Crippen LogP contribution in [0.5, 0.6) is 5.75 Å². The third-order valence-electron chi connectivity index (χ3n) is 4.43. The van der Waals surface area contributed by atoms with Gasteiger partial charge in [-0.25, -0.2) is 9.78 Å². The molecule has 1 heterocycles. The number of aromatic nitrogens is 1. The minimum absolute atomic E-state index is 0.392. The smallest absolute Gasteiger partial charge is 0.343 e. The third kappa shape index (κ3) is 5.53. The number of carbonyl (C=O) groups is 1. The molecule has 0 amide bonds. The van der Waals surface area contributed by atoms with Crippen molar-refractivity contribution >= 4 is 51.9 Å². The Hall–Kier alpha value is -3.19. The predicted molar refractivity (Wildman–Crippen MR) is 131 cm³/mol. The van der Waals surface area contributed by atoms with E-state index in [1.807, 2.05) is 42.6 Å². The molecule has 4 rings (SSSR count). The van der Waals surface area contributed by atoms with Gasteiger partial charge in [-0.3, -0.25) is 5.43 Å². The van der Waals surface area contributed by atoms with Crippen molar-refractivity contribution in [2.45, 2.75) is 6.92 Å². The van der Waals surface area contributed by atoms with Crippen LogP contribution in [-0.2, 0) is 0 Å². The maximum Gasteiger partial charge on any atom is 0.343 e. The number of benzene rings is 3. The largest absolute Gasteiger partial charge is 0.423 e. The van der Waals surface area contributed by atoms with E-state index in [1.54, 1.807) is 42.6 Å². The highest BCUT2D eigenvalue weighted by Gasteiger charge is 2.09. The summed E-state index contributed by atoms with van der Waals surface area (Å²) in [5.74, 6) is 0.0724. The summed E-state index contributed by atoms with van der Waals surface area (Å²) < 4.78 is 5.42. The van der Waals surface area contributed by atoms with E-state index in [0.717, 1.165) is 22.4 Å². The summed E-state index contributed by atoms with van der Waals surface area (Å²) in [4.78, 5) is 16.7. The number of esters is 1. The molecule has 0 saturated heterocycles. The summed E-state index contributed by atoms with van der Waals surface area (Å²) in [6.45, 7) is 1.93. The maximum absolute atomic E-state index is 12.2. The number of halogens is 2. The van der Waals surface area contributed by atoms with E-state index in [0.29, 0.717) is 26.5 Å². The Morgan fingerprint density at radius 3 is 2.66 bits per heavy atom. The molecular weight excluding hydrogens is 465 g/mol. The lowest BCUT2D eigenvalue weighted by Gasteiger charge is -2.05. The lowest BCUT2D eigenvalue weighted by molar-refractivity contribution is 0.0734. The Bertz CT molecular complexity index is 1290. The molecule has 0 saturated carbocycles. The SMILES string of the molecule is Cc1cccc(C(=O)Oc2ccc(/C=N\Nc3nc(-c4ccc(Cl)cc4Cl)cs3)cc2)c1. The molecule has 0 spiro atoms.